The van der Waals surface area contributed by atoms with E-state index in [9.17, 15) is 13.5 Å². The molecule has 0 radical (unpaired) electrons. The quantitative estimate of drug-likeness (QED) is 0.622. The van der Waals surface area contributed by atoms with Crippen LogP contribution in [0.25, 0.3) is 0 Å². The first-order chi connectivity index (χ1) is 12.9. The standard InChI is InChI=1S/C21H27NO4S/c1-4-6-21(5-2)27(24,25)22(15-17-7-11-19(23)12-8-17)16-18-9-13-20(26-3)14-10-18/h4,7-14,21,23H,1,5-6,15-16H2,2-3H3/t21-/m1/s1. The molecule has 1 atom stereocenters. The van der Waals surface area contributed by atoms with Crippen molar-refractivity contribution in [1.29, 1.82) is 0 Å². The lowest BCUT2D eigenvalue weighted by Crippen LogP contribution is -2.37. The van der Waals surface area contributed by atoms with Crippen LogP contribution in [0, 0.1) is 0 Å². The van der Waals surface area contributed by atoms with Crippen LogP contribution in [0.5, 0.6) is 11.5 Å². The summed E-state index contributed by atoms with van der Waals surface area (Å²) in [5, 5.41) is 8.97. The second kappa shape index (κ2) is 9.58. The van der Waals surface area contributed by atoms with Crippen LogP contribution in [0.2, 0.25) is 0 Å². The fourth-order valence-electron chi connectivity index (χ4n) is 2.87. The van der Waals surface area contributed by atoms with Crippen LogP contribution in [-0.4, -0.2) is 30.2 Å². The predicted octanol–water partition coefficient (Wildman–Crippen LogP) is 4.09. The molecule has 27 heavy (non-hydrogen) atoms. The Labute approximate surface area is 162 Å². The lowest BCUT2D eigenvalue weighted by Gasteiger charge is -2.27. The molecule has 0 heterocycles. The second-order valence-corrected chi connectivity index (χ2v) is 8.60. The number of nitrogens with zero attached hydrogens (tertiary/aromatic N) is 1. The molecule has 0 aliphatic heterocycles. The van der Waals surface area contributed by atoms with E-state index in [0.717, 1.165) is 16.9 Å². The van der Waals surface area contributed by atoms with Crippen LogP contribution < -0.4 is 4.74 Å². The number of allylic oxidation sites excluding steroid dienone is 1. The Balaban J connectivity index is 2.33. The van der Waals surface area contributed by atoms with Crippen molar-refractivity contribution in [3.05, 3.63) is 72.3 Å². The van der Waals surface area contributed by atoms with Crippen molar-refractivity contribution >= 4 is 10.0 Å². The Morgan fingerprint density at radius 2 is 1.59 bits per heavy atom. The van der Waals surface area contributed by atoms with Gasteiger partial charge in [0.1, 0.15) is 11.5 Å². The van der Waals surface area contributed by atoms with Gasteiger partial charge in [-0.3, -0.25) is 0 Å². The summed E-state index contributed by atoms with van der Waals surface area (Å²) in [7, 11) is -1.93. The Kier molecular flexibility index (Phi) is 7.45. The zero-order valence-electron chi connectivity index (χ0n) is 15.8. The Morgan fingerprint density at radius 1 is 1.07 bits per heavy atom. The molecule has 0 aliphatic carbocycles. The number of hydrogen-bond donors (Lipinski definition) is 1. The van der Waals surface area contributed by atoms with Gasteiger partial charge in [-0.2, -0.15) is 4.31 Å². The zero-order chi connectivity index (χ0) is 19.9. The number of hydrogen-bond acceptors (Lipinski definition) is 4. The van der Waals surface area contributed by atoms with Crippen molar-refractivity contribution in [2.45, 2.75) is 38.1 Å². The van der Waals surface area contributed by atoms with Gasteiger partial charge < -0.3 is 9.84 Å². The SMILES string of the molecule is C=CC[C@@H](CC)S(=O)(=O)N(Cc1ccc(O)cc1)Cc1ccc(OC)cc1. The first kappa shape index (κ1) is 21.0. The van der Waals surface area contributed by atoms with E-state index in [1.54, 1.807) is 37.5 Å². The van der Waals surface area contributed by atoms with Gasteiger partial charge in [0.15, 0.2) is 0 Å². The van der Waals surface area contributed by atoms with E-state index in [4.69, 9.17) is 4.74 Å². The molecular formula is C21H27NO4S. The summed E-state index contributed by atoms with van der Waals surface area (Å²) < 4.78 is 33.2. The van der Waals surface area contributed by atoms with Gasteiger partial charge in [0, 0.05) is 13.1 Å². The minimum Gasteiger partial charge on any atom is -0.508 e. The highest BCUT2D eigenvalue weighted by Gasteiger charge is 2.30. The summed E-state index contributed by atoms with van der Waals surface area (Å²) in [6.07, 6.45) is 2.58. The molecule has 2 rings (SSSR count). The molecule has 0 unspecified atom stereocenters. The molecule has 0 fully saturated rings. The second-order valence-electron chi connectivity index (χ2n) is 6.38. The Bertz CT molecular complexity index is 829. The van der Waals surface area contributed by atoms with E-state index >= 15 is 0 Å². The molecule has 0 aliphatic rings. The van der Waals surface area contributed by atoms with E-state index < -0.39 is 15.3 Å². The normalized spacial score (nSPS) is 12.7. The van der Waals surface area contributed by atoms with E-state index in [1.165, 1.54) is 4.31 Å². The lowest BCUT2D eigenvalue weighted by atomic mass is 10.2. The van der Waals surface area contributed by atoms with Crippen LogP contribution in [0.1, 0.15) is 30.9 Å². The van der Waals surface area contributed by atoms with Gasteiger partial charge in [0.25, 0.3) is 0 Å². The number of rotatable bonds is 10. The smallest absolute Gasteiger partial charge is 0.217 e. The van der Waals surface area contributed by atoms with Gasteiger partial charge in [-0.25, -0.2) is 8.42 Å². The summed E-state index contributed by atoms with van der Waals surface area (Å²) in [6.45, 7) is 6.07. The van der Waals surface area contributed by atoms with Crippen molar-refractivity contribution in [2.24, 2.45) is 0 Å². The summed E-state index contributed by atoms with van der Waals surface area (Å²) in [5.41, 5.74) is 1.70. The number of ether oxygens (including phenoxy) is 1. The summed E-state index contributed by atoms with van der Waals surface area (Å²) in [6, 6.07) is 14.0. The minimum absolute atomic E-state index is 0.154. The molecule has 0 spiro atoms. The van der Waals surface area contributed by atoms with E-state index in [0.29, 0.717) is 12.8 Å². The zero-order valence-corrected chi connectivity index (χ0v) is 16.7. The minimum atomic E-state index is -3.53. The van der Waals surface area contributed by atoms with Crippen molar-refractivity contribution in [3.8, 4) is 11.5 Å². The van der Waals surface area contributed by atoms with Gasteiger partial charge in [0.05, 0.1) is 12.4 Å². The van der Waals surface area contributed by atoms with Crippen LogP contribution in [0.4, 0.5) is 0 Å². The Hall–Kier alpha value is -2.31. The number of aromatic hydroxyl groups is 1. The van der Waals surface area contributed by atoms with Gasteiger partial charge in [-0.15, -0.1) is 6.58 Å². The third kappa shape index (κ3) is 5.58. The van der Waals surface area contributed by atoms with E-state index in [1.807, 2.05) is 31.2 Å². The summed E-state index contributed by atoms with van der Waals surface area (Å²) >= 11 is 0. The number of phenols is 1. The highest BCUT2D eigenvalue weighted by atomic mass is 32.2. The van der Waals surface area contributed by atoms with Crippen molar-refractivity contribution < 1.29 is 18.3 Å². The first-order valence-corrected chi connectivity index (χ1v) is 10.4. The molecule has 0 saturated heterocycles. The van der Waals surface area contributed by atoms with Crippen LogP contribution in [0.15, 0.2) is 61.2 Å². The Morgan fingerprint density at radius 3 is 2.04 bits per heavy atom. The number of phenolic OH excluding ortho intramolecular Hbond substituents is 1. The molecular weight excluding hydrogens is 362 g/mol. The molecule has 0 amide bonds. The number of benzene rings is 2. The van der Waals surface area contributed by atoms with Gasteiger partial charge >= 0.3 is 0 Å². The third-order valence-corrected chi connectivity index (χ3v) is 6.83. The molecule has 6 heteroatoms. The highest BCUT2D eigenvalue weighted by molar-refractivity contribution is 7.89. The van der Waals surface area contributed by atoms with E-state index in [2.05, 4.69) is 6.58 Å². The highest BCUT2D eigenvalue weighted by Crippen LogP contribution is 2.23. The monoisotopic (exact) mass is 389 g/mol. The predicted molar refractivity (Wildman–Crippen MR) is 108 cm³/mol. The molecule has 0 aromatic heterocycles. The number of sulfonamides is 1. The molecule has 2 aromatic carbocycles. The maximum absolute atomic E-state index is 13.3. The average molecular weight is 390 g/mol. The molecule has 5 nitrogen and oxygen atoms in total. The van der Waals surface area contributed by atoms with Gasteiger partial charge in [-0.05, 0) is 48.2 Å². The van der Waals surface area contributed by atoms with Crippen LogP contribution in [0.3, 0.4) is 0 Å². The molecule has 0 bridgehead atoms. The van der Waals surface area contributed by atoms with E-state index in [-0.39, 0.29) is 18.8 Å². The molecule has 0 saturated carbocycles. The summed E-state index contributed by atoms with van der Waals surface area (Å²) in [5.74, 6) is 0.881. The molecule has 2 aromatic rings. The van der Waals surface area contributed by atoms with Crippen molar-refractivity contribution in [1.82, 2.24) is 4.31 Å². The largest absolute Gasteiger partial charge is 0.508 e. The maximum atomic E-state index is 13.3. The van der Waals surface area contributed by atoms with Gasteiger partial charge in [-0.1, -0.05) is 37.3 Å². The van der Waals surface area contributed by atoms with Crippen molar-refractivity contribution in [3.63, 3.8) is 0 Å². The van der Waals surface area contributed by atoms with Crippen molar-refractivity contribution in [2.75, 3.05) is 7.11 Å². The maximum Gasteiger partial charge on any atom is 0.217 e. The first-order valence-electron chi connectivity index (χ1n) is 8.91. The average Bonchev–Trinajstić information content (AvgIpc) is 2.67. The van der Waals surface area contributed by atoms with Crippen LogP contribution >= 0.6 is 0 Å². The third-order valence-electron chi connectivity index (χ3n) is 4.48. The topological polar surface area (TPSA) is 66.8 Å². The number of methoxy groups -OCH3 is 1. The fourth-order valence-corrected chi connectivity index (χ4v) is 4.75. The summed E-state index contributed by atoms with van der Waals surface area (Å²) in [4.78, 5) is 0. The molecule has 1 N–H and O–H groups in total. The lowest BCUT2D eigenvalue weighted by molar-refractivity contribution is 0.390. The molecule has 146 valence electrons. The van der Waals surface area contributed by atoms with Crippen LogP contribution in [-0.2, 0) is 23.1 Å². The van der Waals surface area contributed by atoms with Gasteiger partial charge in [0.2, 0.25) is 10.0 Å². The fraction of sp³-hybridized carbons (Fsp3) is 0.333.